The van der Waals surface area contributed by atoms with E-state index in [9.17, 15) is 0 Å². The number of hydrogen-bond donors (Lipinski definition) is 1. The van der Waals surface area contributed by atoms with Gasteiger partial charge in [-0.3, -0.25) is 4.90 Å². The van der Waals surface area contributed by atoms with E-state index in [0.29, 0.717) is 0 Å². The minimum absolute atomic E-state index is 0.742. The van der Waals surface area contributed by atoms with Gasteiger partial charge in [-0.2, -0.15) is 0 Å². The maximum atomic E-state index is 6.03. The Morgan fingerprint density at radius 3 is 3.00 bits per heavy atom. The summed E-state index contributed by atoms with van der Waals surface area (Å²) in [5, 5.41) is 4.50. The van der Waals surface area contributed by atoms with E-state index < -0.39 is 0 Å². The van der Waals surface area contributed by atoms with Crippen LogP contribution >= 0.6 is 0 Å². The van der Waals surface area contributed by atoms with Crippen LogP contribution in [0.3, 0.4) is 0 Å². The van der Waals surface area contributed by atoms with Crippen LogP contribution in [0.15, 0.2) is 28.7 Å². The average Bonchev–Trinajstić information content (AvgIpc) is 3.05. The van der Waals surface area contributed by atoms with Crippen LogP contribution in [0.1, 0.15) is 37.5 Å². The fourth-order valence-electron chi connectivity index (χ4n) is 3.39. The molecule has 3 rings (SSSR count). The Morgan fingerprint density at radius 1 is 1.35 bits per heavy atom. The Kier molecular flexibility index (Phi) is 4.08. The molecular formula is C17H24N2O. The lowest BCUT2D eigenvalue weighted by Crippen LogP contribution is -2.28. The lowest BCUT2D eigenvalue weighted by atomic mass is 10.1. The van der Waals surface area contributed by atoms with Gasteiger partial charge < -0.3 is 9.73 Å². The predicted molar refractivity (Wildman–Crippen MR) is 82.7 cm³/mol. The number of hydrogen-bond acceptors (Lipinski definition) is 3. The summed E-state index contributed by atoms with van der Waals surface area (Å²) in [6, 6.07) is 9.14. The quantitative estimate of drug-likeness (QED) is 0.902. The van der Waals surface area contributed by atoms with Crippen LogP contribution < -0.4 is 5.32 Å². The van der Waals surface area contributed by atoms with Crippen molar-refractivity contribution in [3.05, 3.63) is 35.6 Å². The summed E-state index contributed by atoms with van der Waals surface area (Å²) in [4.78, 5) is 2.62. The molecule has 3 nitrogen and oxygen atoms in total. The molecular weight excluding hydrogens is 248 g/mol. The topological polar surface area (TPSA) is 28.4 Å². The maximum absolute atomic E-state index is 6.03. The first kappa shape index (κ1) is 13.7. The van der Waals surface area contributed by atoms with Gasteiger partial charge in [0.25, 0.3) is 0 Å². The van der Waals surface area contributed by atoms with Crippen molar-refractivity contribution in [1.29, 1.82) is 0 Å². The SMILES string of the molecule is CCC1CCCN1Cc1c(CNC)oc2ccccc12. The average molecular weight is 272 g/mol. The van der Waals surface area contributed by atoms with Gasteiger partial charge in [-0.1, -0.05) is 25.1 Å². The largest absolute Gasteiger partial charge is 0.459 e. The van der Waals surface area contributed by atoms with E-state index in [-0.39, 0.29) is 0 Å². The molecule has 0 aliphatic carbocycles. The maximum Gasteiger partial charge on any atom is 0.134 e. The number of furan rings is 1. The van der Waals surface area contributed by atoms with Crippen LogP contribution in [0.4, 0.5) is 0 Å². The van der Waals surface area contributed by atoms with Crippen molar-refractivity contribution in [2.24, 2.45) is 0 Å². The van der Waals surface area contributed by atoms with E-state index >= 15 is 0 Å². The molecule has 2 aromatic rings. The lowest BCUT2D eigenvalue weighted by Gasteiger charge is -2.23. The standard InChI is InChI=1S/C17H24N2O/c1-3-13-7-6-10-19(13)12-15-14-8-4-5-9-16(14)20-17(15)11-18-2/h4-5,8-9,13,18H,3,6-7,10-12H2,1-2H3. The zero-order valence-corrected chi connectivity index (χ0v) is 12.5. The highest BCUT2D eigenvalue weighted by molar-refractivity contribution is 5.82. The first-order chi connectivity index (χ1) is 9.83. The van der Waals surface area contributed by atoms with E-state index in [1.54, 1.807) is 0 Å². The van der Waals surface area contributed by atoms with Gasteiger partial charge in [0.15, 0.2) is 0 Å². The van der Waals surface area contributed by atoms with Crippen molar-refractivity contribution >= 4 is 11.0 Å². The van der Waals surface area contributed by atoms with E-state index in [2.05, 4.69) is 35.3 Å². The van der Waals surface area contributed by atoms with Gasteiger partial charge in [0.05, 0.1) is 6.54 Å². The highest BCUT2D eigenvalue weighted by Gasteiger charge is 2.25. The Balaban J connectivity index is 1.94. The van der Waals surface area contributed by atoms with Crippen molar-refractivity contribution in [3.8, 4) is 0 Å². The van der Waals surface area contributed by atoms with Gasteiger partial charge in [-0.15, -0.1) is 0 Å². The van der Waals surface area contributed by atoms with Crippen molar-refractivity contribution in [2.45, 2.75) is 45.3 Å². The molecule has 108 valence electrons. The molecule has 1 aliphatic rings. The van der Waals surface area contributed by atoms with Crippen LogP contribution in [0.5, 0.6) is 0 Å². The minimum Gasteiger partial charge on any atom is -0.459 e. The number of nitrogens with one attached hydrogen (secondary N) is 1. The number of nitrogens with zero attached hydrogens (tertiary/aromatic N) is 1. The number of likely N-dealkylation sites (tertiary alicyclic amines) is 1. The van der Waals surface area contributed by atoms with Crippen molar-refractivity contribution < 1.29 is 4.42 Å². The summed E-state index contributed by atoms with van der Waals surface area (Å²) >= 11 is 0. The molecule has 0 bridgehead atoms. The fourth-order valence-corrected chi connectivity index (χ4v) is 3.39. The highest BCUT2D eigenvalue weighted by Crippen LogP contribution is 2.30. The van der Waals surface area contributed by atoms with Gasteiger partial charge in [0, 0.05) is 23.5 Å². The molecule has 0 spiro atoms. The molecule has 20 heavy (non-hydrogen) atoms. The molecule has 1 aromatic carbocycles. The monoisotopic (exact) mass is 272 g/mol. The number of benzene rings is 1. The Hall–Kier alpha value is -1.32. The summed E-state index contributed by atoms with van der Waals surface area (Å²) in [5.74, 6) is 1.09. The smallest absolute Gasteiger partial charge is 0.134 e. The molecule has 0 radical (unpaired) electrons. The first-order valence-electron chi connectivity index (χ1n) is 7.71. The molecule has 1 saturated heterocycles. The van der Waals surface area contributed by atoms with Crippen LogP contribution in [-0.2, 0) is 13.1 Å². The fraction of sp³-hybridized carbons (Fsp3) is 0.529. The van der Waals surface area contributed by atoms with Crippen molar-refractivity contribution in [1.82, 2.24) is 10.2 Å². The Bertz CT molecular complexity index is 575. The summed E-state index contributed by atoms with van der Waals surface area (Å²) in [7, 11) is 1.97. The third-order valence-electron chi connectivity index (χ3n) is 4.45. The summed E-state index contributed by atoms with van der Waals surface area (Å²) < 4.78 is 6.03. The van der Waals surface area contributed by atoms with Gasteiger partial charge in [0.2, 0.25) is 0 Å². The third-order valence-corrected chi connectivity index (χ3v) is 4.45. The van der Waals surface area contributed by atoms with E-state index in [1.807, 2.05) is 13.1 Å². The summed E-state index contributed by atoms with van der Waals surface area (Å²) in [5.41, 5.74) is 2.38. The summed E-state index contributed by atoms with van der Waals surface area (Å²) in [6.45, 7) is 5.34. The minimum atomic E-state index is 0.742. The Labute approximate surface area is 120 Å². The molecule has 1 fully saturated rings. The molecule has 3 heteroatoms. The zero-order chi connectivity index (χ0) is 13.9. The molecule has 1 aromatic heterocycles. The van der Waals surface area contributed by atoms with Crippen LogP contribution in [0, 0.1) is 0 Å². The second kappa shape index (κ2) is 5.98. The van der Waals surface area contributed by atoms with Crippen molar-refractivity contribution in [3.63, 3.8) is 0 Å². The molecule has 1 unspecified atom stereocenters. The van der Waals surface area contributed by atoms with E-state index in [1.165, 1.54) is 36.8 Å². The zero-order valence-electron chi connectivity index (χ0n) is 12.5. The normalized spacial score (nSPS) is 20.0. The van der Waals surface area contributed by atoms with Gasteiger partial charge in [0.1, 0.15) is 11.3 Å². The molecule has 1 aliphatic heterocycles. The second-order valence-electron chi connectivity index (χ2n) is 5.71. The van der Waals surface area contributed by atoms with E-state index in [0.717, 1.165) is 30.5 Å². The van der Waals surface area contributed by atoms with Gasteiger partial charge in [-0.25, -0.2) is 0 Å². The lowest BCUT2D eigenvalue weighted by molar-refractivity contribution is 0.238. The second-order valence-corrected chi connectivity index (χ2v) is 5.71. The molecule has 1 N–H and O–H groups in total. The molecule has 2 heterocycles. The van der Waals surface area contributed by atoms with Crippen LogP contribution in [0.2, 0.25) is 0 Å². The summed E-state index contributed by atoms with van der Waals surface area (Å²) in [6.07, 6.45) is 3.92. The molecule has 0 amide bonds. The highest BCUT2D eigenvalue weighted by atomic mass is 16.3. The number of fused-ring (bicyclic) bond motifs is 1. The predicted octanol–water partition coefficient (Wildman–Crippen LogP) is 3.53. The Morgan fingerprint density at radius 2 is 2.20 bits per heavy atom. The van der Waals surface area contributed by atoms with Gasteiger partial charge in [-0.05, 0) is 38.9 Å². The molecule has 1 atom stereocenters. The first-order valence-corrected chi connectivity index (χ1v) is 7.71. The van der Waals surface area contributed by atoms with Crippen LogP contribution in [0.25, 0.3) is 11.0 Å². The van der Waals surface area contributed by atoms with E-state index in [4.69, 9.17) is 4.42 Å². The molecule has 0 saturated carbocycles. The third kappa shape index (κ3) is 2.48. The van der Waals surface area contributed by atoms with Gasteiger partial charge >= 0.3 is 0 Å². The van der Waals surface area contributed by atoms with Crippen molar-refractivity contribution in [2.75, 3.05) is 13.6 Å². The number of rotatable bonds is 5. The van der Waals surface area contributed by atoms with Crippen LogP contribution in [-0.4, -0.2) is 24.5 Å². The number of para-hydroxylation sites is 1.